The summed E-state index contributed by atoms with van der Waals surface area (Å²) >= 11 is 5.41. The third-order valence-electron chi connectivity index (χ3n) is 3.03. The maximum Gasteiger partial charge on any atom is 0.336 e. The third kappa shape index (κ3) is 2.88. The quantitative estimate of drug-likeness (QED) is 0.679. The summed E-state index contributed by atoms with van der Waals surface area (Å²) in [7, 11) is 0. The number of benzene rings is 2. The van der Waals surface area contributed by atoms with Crippen molar-refractivity contribution in [2.24, 2.45) is 0 Å². The minimum absolute atomic E-state index is 0.243. The van der Waals surface area contributed by atoms with Gasteiger partial charge >= 0.3 is 5.97 Å². The number of thiocarbonyl (C=S) groups is 1. The second kappa shape index (κ2) is 5.76. The van der Waals surface area contributed by atoms with Crippen molar-refractivity contribution >= 4 is 23.1 Å². The third-order valence-corrected chi connectivity index (χ3v) is 3.48. The van der Waals surface area contributed by atoms with Gasteiger partial charge < -0.3 is 5.11 Å². The zero-order valence-electron chi connectivity index (χ0n) is 10.6. The number of aryl methyl sites for hydroxylation is 1. The van der Waals surface area contributed by atoms with E-state index in [2.05, 4.69) is 6.92 Å². The molecule has 1 N–H and O–H groups in total. The van der Waals surface area contributed by atoms with Crippen LogP contribution in [0.1, 0.15) is 34.0 Å². The Balaban J connectivity index is 2.41. The van der Waals surface area contributed by atoms with E-state index in [1.807, 2.05) is 24.3 Å². The maximum atomic E-state index is 11.2. The molecule has 0 saturated heterocycles. The average molecular weight is 270 g/mol. The molecule has 0 heterocycles. The zero-order valence-corrected chi connectivity index (χ0v) is 11.4. The van der Waals surface area contributed by atoms with E-state index < -0.39 is 5.97 Å². The van der Waals surface area contributed by atoms with E-state index in [1.165, 1.54) is 5.56 Å². The summed E-state index contributed by atoms with van der Waals surface area (Å²) < 4.78 is 0. The number of carboxylic acids is 1. The molecule has 0 spiro atoms. The summed E-state index contributed by atoms with van der Waals surface area (Å²) in [5, 5.41) is 9.18. The molecule has 2 aromatic carbocycles. The molecule has 2 rings (SSSR count). The monoisotopic (exact) mass is 270 g/mol. The van der Waals surface area contributed by atoms with Crippen LogP contribution in [-0.4, -0.2) is 15.9 Å². The molecule has 0 unspecified atom stereocenters. The first-order valence-corrected chi connectivity index (χ1v) is 6.50. The van der Waals surface area contributed by atoms with Crippen molar-refractivity contribution in [1.29, 1.82) is 0 Å². The van der Waals surface area contributed by atoms with Gasteiger partial charge in [-0.25, -0.2) is 4.79 Å². The molecule has 0 bridgehead atoms. The second-order valence-corrected chi connectivity index (χ2v) is 4.64. The summed E-state index contributed by atoms with van der Waals surface area (Å²) in [5.74, 6) is -0.955. The lowest BCUT2D eigenvalue weighted by Gasteiger charge is -2.08. The van der Waals surface area contributed by atoms with E-state index in [1.54, 1.807) is 24.3 Å². The van der Waals surface area contributed by atoms with Crippen molar-refractivity contribution in [3.8, 4) is 0 Å². The molecular formula is C16H14O2S. The van der Waals surface area contributed by atoms with Gasteiger partial charge in [-0.1, -0.05) is 61.6 Å². The highest BCUT2D eigenvalue weighted by Gasteiger charge is 2.13. The second-order valence-electron chi connectivity index (χ2n) is 4.23. The van der Waals surface area contributed by atoms with Gasteiger partial charge in [0, 0.05) is 5.56 Å². The predicted octanol–water partition coefficient (Wildman–Crippen LogP) is 3.71. The van der Waals surface area contributed by atoms with Gasteiger partial charge in [0.05, 0.1) is 10.4 Å². The number of carbonyl (C=O) groups is 1. The molecule has 0 amide bonds. The fourth-order valence-corrected chi connectivity index (χ4v) is 2.23. The molecule has 0 fully saturated rings. The van der Waals surface area contributed by atoms with E-state index in [4.69, 9.17) is 12.2 Å². The number of aromatic carboxylic acids is 1. The largest absolute Gasteiger partial charge is 0.478 e. The fraction of sp³-hybridized carbons (Fsp3) is 0.125. The summed E-state index contributed by atoms with van der Waals surface area (Å²) in [6.07, 6.45) is 0.971. The lowest BCUT2D eigenvalue weighted by Crippen LogP contribution is -2.08. The Hall–Kier alpha value is -2.00. The Bertz CT molecular complexity index is 615. The van der Waals surface area contributed by atoms with Gasteiger partial charge in [-0.3, -0.25) is 0 Å². The molecule has 3 heteroatoms. The standard InChI is InChI=1S/C16H14O2S/c1-2-11-7-9-12(10-8-11)15(19)13-5-3-4-6-14(13)16(17)18/h3-10H,2H2,1H3,(H,17,18). The van der Waals surface area contributed by atoms with Crippen LogP contribution in [-0.2, 0) is 6.42 Å². The Morgan fingerprint density at radius 2 is 1.63 bits per heavy atom. The van der Waals surface area contributed by atoms with Crippen molar-refractivity contribution < 1.29 is 9.90 Å². The van der Waals surface area contributed by atoms with Gasteiger partial charge in [-0.05, 0) is 23.6 Å². The number of hydrogen-bond acceptors (Lipinski definition) is 2. The lowest BCUT2D eigenvalue weighted by molar-refractivity contribution is 0.0697. The number of hydrogen-bond donors (Lipinski definition) is 1. The molecule has 0 aliphatic rings. The summed E-state index contributed by atoms with van der Waals surface area (Å²) in [6.45, 7) is 2.09. The van der Waals surface area contributed by atoms with Crippen LogP contribution < -0.4 is 0 Å². The van der Waals surface area contributed by atoms with Gasteiger partial charge in [0.2, 0.25) is 0 Å². The highest BCUT2D eigenvalue weighted by molar-refractivity contribution is 7.81. The van der Waals surface area contributed by atoms with Crippen molar-refractivity contribution in [2.45, 2.75) is 13.3 Å². The van der Waals surface area contributed by atoms with Crippen LogP contribution in [0.2, 0.25) is 0 Å². The van der Waals surface area contributed by atoms with E-state index in [9.17, 15) is 9.90 Å². The molecule has 19 heavy (non-hydrogen) atoms. The van der Waals surface area contributed by atoms with E-state index in [-0.39, 0.29) is 5.56 Å². The Labute approximate surface area is 117 Å². The van der Waals surface area contributed by atoms with Gasteiger partial charge in [0.1, 0.15) is 0 Å². The molecule has 0 aliphatic carbocycles. The lowest BCUT2D eigenvalue weighted by atomic mass is 9.98. The maximum absolute atomic E-state index is 11.2. The van der Waals surface area contributed by atoms with Gasteiger partial charge in [-0.2, -0.15) is 0 Å². The molecule has 0 radical (unpaired) electrons. The summed E-state index contributed by atoms with van der Waals surface area (Å²) in [4.78, 5) is 11.8. The van der Waals surface area contributed by atoms with Gasteiger partial charge in [0.25, 0.3) is 0 Å². The van der Waals surface area contributed by atoms with Gasteiger partial charge in [0.15, 0.2) is 0 Å². The smallest absolute Gasteiger partial charge is 0.336 e. The average Bonchev–Trinajstić information content (AvgIpc) is 2.46. The number of carboxylic acid groups (broad SMARTS) is 1. The molecule has 0 aliphatic heterocycles. The minimum atomic E-state index is -0.955. The highest BCUT2D eigenvalue weighted by atomic mass is 32.1. The first kappa shape index (κ1) is 13.4. The van der Waals surface area contributed by atoms with Crippen LogP contribution in [0.3, 0.4) is 0 Å². The van der Waals surface area contributed by atoms with Crippen LogP contribution in [0.4, 0.5) is 0 Å². The predicted molar refractivity (Wildman–Crippen MR) is 80.0 cm³/mol. The minimum Gasteiger partial charge on any atom is -0.478 e. The molecular weight excluding hydrogens is 256 g/mol. The Morgan fingerprint density at radius 1 is 1.05 bits per heavy atom. The first-order valence-electron chi connectivity index (χ1n) is 6.09. The summed E-state index contributed by atoms with van der Waals surface area (Å²) in [6, 6.07) is 14.8. The molecule has 0 aromatic heterocycles. The van der Waals surface area contributed by atoms with E-state index in [0.29, 0.717) is 10.4 Å². The van der Waals surface area contributed by atoms with Crippen LogP contribution in [0.15, 0.2) is 48.5 Å². The normalized spacial score (nSPS) is 10.2. The molecule has 2 aromatic rings. The topological polar surface area (TPSA) is 37.3 Å². The van der Waals surface area contributed by atoms with Crippen LogP contribution in [0.25, 0.3) is 0 Å². The van der Waals surface area contributed by atoms with Crippen LogP contribution in [0, 0.1) is 0 Å². The van der Waals surface area contributed by atoms with Crippen molar-refractivity contribution in [1.82, 2.24) is 0 Å². The van der Waals surface area contributed by atoms with Crippen molar-refractivity contribution in [3.63, 3.8) is 0 Å². The first-order chi connectivity index (χ1) is 9.13. The van der Waals surface area contributed by atoms with Crippen LogP contribution >= 0.6 is 12.2 Å². The number of rotatable bonds is 4. The van der Waals surface area contributed by atoms with Gasteiger partial charge in [-0.15, -0.1) is 0 Å². The molecule has 0 atom stereocenters. The Morgan fingerprint density at radius 3 is 2.16 bits per heavy atom. The zero-order chi connectivity index (χ0) is 13.8. The van der Waals surface area contributed by atoms with Crippen molar-refractivity contribution in [2.75, 3.05) is 0 Å². The van der Waals surface area contributed by atoms with Crippen LogP contribution in [0.5, 0.6) is 0 Å². The highest BCUT2D eigenvalue weighted by Crippen LogP contribution is 2.17. The molecule has 2 nitrogen and oxygen atoms in total. The molecule has 96 valence electrons. The van der Waals surface area contributed by atoms with E-state index >= 15 is 0 Å². The Kier molecular flexibility index (Phi) is 4.07. The van der Waals surface area contributed by atoms with Crippen molar-refractivity contribution in [3.05, 3.63) is 70.8 Å². The SMILES string of the molecule is CCc1ccc(C(=S)c2ccccc2C(=O)O)cc1. The van der Waals surface area contributed by atoms with E-state index in [0.717, 1.165) is 12.0 Å². The summed E-state index contributed by atoms with van der Waals surface area (Å²) in [5.41, 5.74) is 2.94. The fourth-order valence-electron chi connectivity index (χ4n) is 1.91. The molecule has 0 saturated carbocycles.